The van der Waals surface area contributed by atoms with E-state index in [4.69, 9.17) is 0 Å². The molecule has 4 rings (SSSR count). The largest absolute Gasteiger partial charge is 0.506 e. The Bertz CT molecular complexity index is 1550. The Labute approximate surface area is 223 Å². The van der Waals surface area contributed by atoms with E-state index in [0.29, 0.717) is 13.1 Å². The number of likely N-dealkylation sites (tertiary alicyclic amines) is 1. The van der Waals surface area contributed by atoms with Gasteiger partial charge in [0.2, 0.25) is 0 Å². The van der Waals surface area contributed by atoms with Gasteiger partial charge < -0.3 is 25.5 Å². The first kappa shape index (κ1) is 28.5. The molecule has 1 aliphatic heterocycles. The zero-order valence-electron chi connectivity index (χ0n) is 21.1. The zero-order valence-corrected chi connectivity index (χ0v) is 21.1. The summed E-state index contributed by atoms with van der Waals surface area (Å²) in [5.74, 6) is -6.77. The number of amides is 1. The molecule has 1 aliphatic rings. The van der Waals surface area contributed by atoms with Crippen LogP contribution in [0.3, 0.4) is 0 Å². The van der Waals surface area contributed by atoms with E-state index in [2.05, 4.69) is 20.4 Å². The van der Waals surface area contributed by atoms with Crippen LogP contribution in [0.1, 0.15) is 45.5 Å². The molecule has 1 fully saturated rings. The van der Waals surface area contributed by atoms with Gasteiger partial charge in [0.15, 0.2) is 0 Å². The highest BCUT2D eigenvalue weighted by atomic mass is 19.4. The second-order valence-corrected chi connectivity index (χ2v) is 9.14. The second-order valence-electron chi connectivity index (χ2n) is 9.14. The number of anilines is 2. The molecule has 1 amide bonds. The number of benzene rings is 2. The van der Waals surface area contributed by atoms with E-state index >= 15 is 0 Å². The second kappa shape index (κ2) is 11.3. The summed E-state index contributed by atoms with van der Waals surface area (Å²) in [5.41, 5.74) is -1.43. The minimum Gasteiger partial charge on any atom is -0.506 e. The Balaban J connectivity index is 1.69. The molecule has 3 aromatic rings. The number of ether oxygens (including phenoxy) is 1. The van der Waals surface area contributed by atoms with Gasteiger partial charge in [-0.25, -0.2) is 14.0 Å². The number of carbonyl (C=O) groups is 3. The fourth-order valence-corrected chi connectivity index (χ4v) is 4.47. The molecule has 1 saturated heterocycles. The number of alkyl halides is 3. The number of fused-ring (bicyclic) bond motifs is 1. The van der Waals surface area contributed by atoms with Crippen LogP contribution in [-0.2, 0) is 16.1 Å². The molecule has 40 heavy (non-hydrogen) atoms. The van der Waals surface area contributed by atoms with Gasteiger partial charge in [-0.1, -0.05) is 6.42 Å². The minimum absolute atomic E-state index is 0.0741. The van der Waals surface area contributed by atoms with Gasteiger partial charge in [-0.3, -0.25) is 14.5 Å². The number of aromatic nitrogens is 1. The van der Waals surface area contributed by atoms with Crippen molar-refractivity contribution in [3.8, 4) is 5.75 Å². The number of pyridine rings is 1. The van der Waals surface area contributed by atoms with Gasteiger partial charge in [0, 0.05) is 24.7 Å². The molecule has 4 N–H and O–H groups in total. The number of aromatic hydroxyl groups is 1. The Morgan fingerprint density at radius 2 is 1.77 bits per heavy atom. The van der Waals surface area contributed by atoms with Crippen LogP contribution in [0.15, 0.2) is 35.1 Å². The Kier molecular flexibility index (Phi) is 8.09. The number of hydrogen-bond acceptors (Lipinski definition) is 8. The molecular weight excluding hydrogens is 540 g/mol. The summed E-state index contributed by atoms with van der Waals surface area (Å²) in [6.07, 6.45) is -2.60. The molecule has 1 aromatic heterocycles. The first-order chi connectivity index (χ1) is 18.9. The number of piperidine rings is 1. The van der Waals surface area contributed by atoms with Crippen LogP contribution in [0.5, 0.6) is 5.75 Å². The smallest absolute Gasteiger partial charge is 0.491 e. The quantitative estimate of drug-likeness (QED) is 0.201. The number of nitrogens with zero attached hydrogens (tertiary/aromatic N) is 1. The first-order valence-electron chi connectivity index (χ1n) is 12.1. The highest BCUT2D eigenvalue weighted by Crippen LogP contribution is 2.31. The molecule has 0 spiro atoms. The average molecular weight is 564 g/mol. The number of carbonyl (C=O) groups excluding carboxylic acids is 3. The summed E-state index contributed by atoms with van der Waals surface area (Å²) in [6.45, 7) is 1.53. The van der Waals surface area contributed by atoms with Crippen molar-refractivity contribution < 1.29 is 41.8 Å². The third kappa shape index (κ3) is 6.06. The summed E-state index contributed by atoms with van der Waals surface area (Å²) < 4.78 is 55.7. The average Bonchev–Trinajstić information content (AvgIpc) is 2.89. The lowest BCUT2D eigenvalue weighted by Crippen LogP contribution is -2.30. The fraction of sp³-hybridized carbons (Fsp3) is 0.308. The van der Waals surface area contributed by atoms with Crippen LogP contribution < -0.4 is 16.2 Å². The highest BCUT2D eigenvalue weighted by molar-refractivity contribution is 6.10. The Morgan fingerprint density at radius 1 is 1.07 bits per heavy atom. The molecule has 0 atom stereocenters. The lowest BCUT2D eigenvalue weighted by Gasteiger charge is -2.27. The molecule has 2 aromatic carbocycles. The predicted octanol–water partition coefficient (Wildman–Crippen LogP) is 3.90. The Hall–Kier alpha value is -4.46. The summed E-state index contributed by atoms with van der Waals surface area (Å²) in [5, 5.41) is 15.8. The van der Waals surface area contributed by atoms with Gasteiger partial charge in [0.25, 0.3) is 11.5 Å². The number of nitrogens with one attached hydrogen (secondary N) is 3. The van der Waals surface area contributed by atoms with Crippen molar-refractivity contribution in [2.45, 2.75) is 32.0 Å². The van der Waals surface area contributed by atoms with E-state index in [-0.39, 0.29) is 39.9 Å². The molecule has 0 radical (unpaired) electrons. The van der Waals surface area contributed by atoms with E-state index in [1.807, 2.05) is 4.90 Å². The van der Waals surface area contributed by atoms with Crippen LogP contribution in [0, 0.1) is 5.82 Å². The molecule has 212 valence electrons. The van der Waals surface area contributed by atoms with E-state index in [1.165, 1.54) is 19.2 Å². The maximum atomic E-state index is 14.1. The number of H-pyrrole nitrogens is 1. The third-order valence-corrected chi connectivity index (χ3v) is 6.41. The number of hydrogen-bond donors (Lipinski definition) is 4. The molecule has 0 unspecified atom stereocenters. The summed E-state index contributed by atoms with van der Waals surface area (Å²) in [7, 11) is 1.48. The van der Waals surface area contributed by atoms with Gasteiger partial charge in [0.1, 0.15) is 17.1 Å². The van der Waals surface area contributed by atoms with Crippen molar-refractivity contribution >= 4 is 40.1 Å². The highest BCUT2D eigenvalue weighted by Gasteiger charge is 2.42. The summed E-state index contributed by atoms with van der Waals surface area (Å²) >= 11 is 0. The number of rotatable bonds is 6. The predicted molar refractivity (Wildman–Crippen MR) is 136 cm³/mol. The molecular formula is C26H24F4N4O6. The zero-order chi connectivity index (χ0) is 29.2. The van der Waals surface area contributed by atoms with Crippen molar-refractivity contribution in [1.29, 1.82) is 0 Å². The maximum absolute atomic E-state index is 14.1. The van der Waals surface area contributed by atoms with Crippen molar-refractivity contribution in [1.82, 2.24) is 9.88 Å². The van der Waals surface area contributed by atoms with Crippen LogP contribution >= 0.6 is 0 Å². The fourth-order valence-electron chi connectivity index (χ4n) is 4.47. The van der Waals surface area contributed by atoms with Gasteiger partial charge in [-0.05, 0) is 61.8 Å². The summed E-state index contributed by atoms with van der Waals surface area (Å²) in [6, 6.07) is 5.47. The summed E-state index contributed by atoms with van der Waals surface area (Å²) in [4.78, 5) is 53.8. The molecule has 14 heteroatoms. The topological polar surface area (TPSA) is 141 Å². The van der Waals surface area contributed by atoms with E-state index in [1.54, 1.807) is 0 Å². The van der Waals surface area contributed by atoms with Gasteiger partial charge in [0.05, 0.1) is 16.8 Å². The van der Waals surface area contributed by atoms with Crippen molar-refractivity contribution in [2.75, 3.05) is 30.8 Å². The minimum atomic E-state index is -5.37. The van der Waals surface area contributed by atoms with E-state index < -0.39 is 46.7 Å². The van der Waals surface area contributed by atoms with Crippen LogP contribution in [0.25, 0.3) is 10.9 Å². The molecule has 2 heterocycles. The van der Waals surface area contributed by atoms with Crippen molar-refractivity contribution in [3.63, 3.8) is 0 Å². The van der Waals surface area contributed by atoms with Crippen molar-refractivity contribution in [2.24, 2.45) is 0 Å². The van der Waals surface area contributed by atoms with Crippen molar-refractivity contribution in [3.05, 3.63) is 63.2 Å². The molecule has 0 saturated carbocycles. The van der Waals surface area contributed by atoms with Gasteiger partial charge in [-0.2, -0.15) is 13.2 Å². The van der Waals surface area contributed by atoms with E-state index in [0.717, 1.165) is 37.5 Å². The Morgan fingerprint density at radius 3 is 2.42 bits per heavy atom. The van der Waals surface area contributed by atoms with Crippen LogP contribution in [0.4, 0.5) is 28.9 Å². The third-order valence-electron chi connectivity index (χ3n) is 6.41. The van der Waals surface area contributed by atoms with Crippen LogP contribution in [0.2, 0.25) is 0 Å². The number of aromatic amines is 1. The number of esters is 2. The van der Waals surface area contributed by atoms with Gasteiger partial charge in [-0.15, -0.1) is 0 Å². The van der Waals surface area contributed by atoms with Crippen LogP contribution in [-0.4, -0.2) is 59.1 Å². The maximum Gasteiger partial charge on any atom is 0.491 e. The lowest BCUT2D eigenvalue weighted by molar-refractivity contribution is -0.193. The van der Waals surface area contributed by atoms with E-state index in [9.17, 15) is 41.8 Å². The number of halogens is 4. The lowest BCUT2D eigenvalue weighted by atomic mass is 10.0. The monoisotopic (exact) mass is 564 g/mol. The standard InChI is InChI=1S/C26H24F4N4O6/c1-31-18-11-15(27)10-16-20(18)33-23(37)19(21(16)35)22(36)32-17-6-5-13(24(38)40-25(39)26(28,29)30)9-14(17)12-34-7-3-2-4-8-34/h5-6,9-11,31H,2-4,7-8,12H2,1H3,(H,32,36)(H2,33,35,37). The normalized spacial score (nSPS) is 14.1. The van der Waals surface area contributed by atoms with Gasteiger partial charge >= 0.3 is 18.1 Å². The SMILES string of the molecule is CNc1cc(F)cc2c(O)c(C(=O)Nc3ccc(C(=O)OC(=O)C(F)(F)F)cc3CN3CCCCC3)c(=O)[nH]c12. The molecule has 10 nitrogen and oxygen atoms in total. The molecule has 0 bridgehead atoms. The first-order valence-corrected chi connectivity index (χ1v) is 12.1. The molecule has 0 aliphatic carbocycles.